The number of rotatable bonds is 5. The van der Waals surface area contributed by atoms with E-state index in [2.05, 4.69) is 21.0 Å². The number of hydrogen-bond acceptors (Lipinski definition) is 3. The predicted molar refractivity (Wildman–Crippen MR) is 77.1 cm³/mol. The van der Waals surface area contributed by atoms with E-state index in [9.17, 15) is 0 Å². The molecule has 102 valence electrons. The number of ether oxygens (including phenoxy) is 2. The summed E-state index contributed by atoms with van der Waals surface area (Å²) in [6.45, 7) is 3.07. The van der Waals surface area contributed by atoms with E-state index in [0.29, 0.717) is 13.2 Å². The zero-order valence-corrected chi connectivity index (χ0v) is 12.9. The SMILES string of the molecule is COc1ccc(COCc2nn(C)c(C)c2Br)cc1. The van der Waals surface area contributed by atoms with Crippen molar-refractivity contribution < 1.29 is 9.47 Å². The highest BCUT2D eigenvalue weighted by molar-refractivity contribution is 9.10. The molecular weight excluding hydrogens is 308 g/mol. The zero-order valence-electron chi connectivity index (χ0n) is 11.3. The molecule has 0 atom stereocenters. The molecule has 0 aliphatic rings. The van der Waals surface area contributed by atoms with Gasteiger partial charge in [-0.05, 0) is 40.5 Å². The summed E-state index contributed by atoms with van der Waals surface area (Å²) in [7, 11) is 3.58. The van der Waals surface area contributed by atoms with Gasteiger partial charge in [0.1, 0.15) is 11.4 Å². The van der Waals surface area contributed by atoms with Crippen LogP contribution in [0.15, 0.2) is 28.7 Å². The number of benzene rings is 1. The van der Waals surface area contributed by atoms with Gasteiger partial charge in [0.05, 0.1) is 24.8 Å². The maximum Gasteiger partial charge on any atom is 0.118 e. The quantitative estimate of drug-likeness (QED) is 0.847. The smallest absolute Gasteiger partial charge is 0.118 e. The first kappa shape index (κ1) is 14.1. The second-order valence-corrected chi connectivity index (χ2v) is 5.10. The molecule has 0 aliphatic heterocycles. The first-order valence-electron chi connectivity index (χ1n) is 6.00. The van der Waals surface area contributed by atoms with Gasteiger partial charge in [-0.15, -0.1) is 0 Å². The van der Waals surface area contributed by atoms with Crippen LogP contribution in [0.5, 0.6) is 5.75 Å². The van der Waals surface area contributed by atoms with Crippen molar-refractivity contribution in [2.24, 2.45) is 7.05 Å². The Morgan fingerprint density at radius 2 is 1.89 bits per heavy atom. The molecular formula is C14H17BrN2O2. The Morgan fingerprint density at radius 3 is 2.42 bits per heavy atom. The number of halogens is 1. The molecule has 0 fully saturated rings. The second kappa shape index (κ2) is 6.21. The van der Waals surface area contributed by atoms with Crippen LogP contribution in [0, 0.1) is 6.92 Å². The van der Waals surface area contributed by atoms with Gasteiger partial charge in [0, 0.05) is 12.7 Å². The van der Waals surface area contributed by atoms with E-state index in [1.54, 1.807) is 7.11 Å². The molecule has 1 heterocycles. The van der Waals surface area contributed by atoms with Crippen molar-refractivity contribution >= 4 is 15.9 Å². The molecule has 1 aromatic heterocycles. The summed E-state index contributed by atoms with van der Waals surface area (Å²) in [5.74, 6) is 0.854. The van der Waals surface area contributed by atoms with Crippen molar-refractivity contribution in [2.75, 3.05) is 7.11 Å². The number of aromatic nitrogens is 2. The van der Waals surface area contributed by atoms with Crippen molar-refractivity contribution in [3.05, 3.63) is 45.7 Å². The molecule has 0 unspecified atom stereocenters. The highest BCUT2D eigenvalue weighted by atomic mass is 79.9. The highest BCUT2D eigenvalue weighted by Crippen LogP contribution is 2.21. The molecule has 0 bridgehead atoms. The summed E-state index contributed by atoms with van der Waals surface area (Å²) >= 11 is 3.53. The van der Waals surface area contributed by atoms with Crippen molar-refractivity contribution in [3.8, 4) is 5.75 Å². The summed E-state index contributed by atoms with van der Waals surface area (Å²) in [6.07, 6.45) is 0. The molecule has 0 radical (unpaired) electrons. The number of methoxy groups -OCH3 is 1. The topological polar surface area (TPSA) is 36.3 Å². The number of hydrogen-bond donors (Lipinski definition) is 0. The van der Waals surface area contributed by atoms with Crippen LogP contribution in [0.2, 0.25) is 0 Å². The third-order valence-corrected chi connectivity index (χ3v) is 4.03. The monoisotopic (exact) mass is 324 g/mol. The minimum atomic E-state index is 0.494. The lowest BCUT2D eigenvalue weighted by Crippen LogP contribution is -1.97. The van der Waals surface area contributed by atoms with E-state index < -0.39 is 0 Å². The Labute approximate surface area is 121 Å². The fourth-order valence-corrected chi connectivity index (χ4v) is 2.18. The Morgan fingerprint density at radius 1 is 1.21 bits per heavy atom. The van der Waals surface area contributed by atoms with Crippen LogP contribution in [0.25, 0.3) is 0 Å². The van der Waals surface area contributed by atoms with Gasteiger partial charge in [-0.1, -0.05) is 12.1 Å². The summed E-state index contributed by atoms with van der Waals surface area (Å²) in [5, 5.41) is 4.39. The van der Waals surface area contributed by atoms with E-state index in [-0.39, 0.29) is 0 Å². The Hall–Kier alpha value is -1.33. The molecule has 0 aliphatic carbocycles. The summed E-state index contributed by atoms with van der Waals surface area (Å²) in [4.78, 5) is 0. The van der Waals surface area contributed by atoms with E-state index in [0.717, 1.165) is 27.2 Å². The molecule has 1 aromatic carbocycles. The zero-order chi connectivity index (χ0) is 13.8. The van der Waals surface area contributed by atoms with Gasteiger partial charge >= 0.3 is 0 Å². The minimum Gasteiger partial charge on any atom is -0.497 e. The maximum absolute atomic E-state index is 5.68. The lowest BCUT2D eigenvalue weighted by Gasteiger charge is -2.04. The molecule has 0 N–H and O–H groups in total. The maximum atomic E-state index is 5.68. The predicted octanol–water partition coefficient (Wildman–Crippen LogP) is 3.22. The first-order chi connectivity index (χ1) is 9.11. The lowest BCUT2D eigenvalue weighted by atomic mass is 10.2. The molecule has 4 nitrogen and oxygen atoms in total. The molecule has 0 saturated heterocycles. The molecule has 5 heteroatoms. The van der Waals surface area contributed by atoms with Crippen molar-refractivity contribution in [1.82, 2.24) is 9.78 Å². The van der Waals surface area contributed by atoms with Crippen molar-refractivity contribution in [2.45, 2.75) is 20.1 Å². The average Bonchev–Trinajstić information content (AvgIpc) is 2.67. The van der Waals surface area contributed by atoms with E-state index >= 15 is 0 Å². The summed E-state index contributed by atoms with van der Waals surface area (Å²) in [5.41, 5.74) is 3.14. The highest BCUT2D eigenvalue weighted by Gasteiger charge is 2.09. The van der Waals surface area contributed by atoms with Crippen molar-refractivity contribution in [3.63, 3.8) is 0 Å². The third kappa shape index (κ3) is 3.36. The Bertz CT molecular complexity index is 549. The van der Waals surface area contributed by atoms with Crippen LogP contribution in [-0.2, 0) is 25.0 Å². The normalized spacial score (nSPS) is 10.7. The Kier molecular flexibility index (Phi) is 4.61. The van der Waals surface area contributed by atoms with Crippen LogP contribution < -0.4 is 4.74 Å². The number of aryl methyl sites for hydroxylation is 1. The van der Waals surface area contributed by atoms with Crippen LogP contribution in [-0.4, -0.2) is 16.9 Å². The van der Waals surface area contributed by atoms with Gasteiger partial charge in [-0.2, -0.15) is 5.10 Å². The van der Waals surface area contributed by atoms with Gasteiger partial charge in [0.2, 0.25) is 0 Å². The molecule has 0 saturated carbocycles. The van der Waals surface area contributed by atoms with E-state index in [1.807, 2.05) is 42.9 Å². The fourth-order valence-electron chi connectivity index (χ4n) is 1.73. The second-order valence-electron chi connectivity index (χ2n) is 4.31. The minimum absolute atomic E-state index is 0.494. The van der Waals surface area contributed by atoms with Crippen LogP contribution in [0.4, 0.5) is 0 Å². The standard InChI is InChI=1S/C14H17BrN2O2/c1-10-14(15)13(16-17(10)2)9-19-8-11-4-6-12(18-3)7-5-11/h4-7H,8-9H2,1-3H3. The van der Waals surface area contributed by atoms with Gasteiger partial charge in [0.15, 0.2) is 0 Å². The molecule has 19 heavy (non-hydrogen) atoms. The summed E-state index contributed by atoms with van der Waals surface area (Å²) < 4.78 is 13.7. The van der Waals surface area contributed by atoms with E-state index in [1.165, 1.54) is 0 Å². The first-order valence-corrected chi connectivity index (χ1v) is 6.79. The van der Waals surface area contributed by atoms with E-state index in [4.69, 9.17) is 9.47 Å². The fraction of sp³-hybridized carbons (Fsp3) is 0.357. The van der Waals surface area contributed by atoms with Gasteiger partial charge < -0.3 is 9.47 Å². The lowest BCUT2D eigenvalue weighted by molar-refractivity contribution is 0.104. The summed E-state index contributed by atoms with van der Waals surface area (Å²) in [6, 6.07) is 7.86. The van der Waals surface area contributed by atoms with Crippen LogP contribution >= 0.6 is 15.9 Å². The average molecular weight is 325 g/mol. The molecule has 0 amide bonds. The Balaban J connectivity index is 1.90. The molecule has 2 aromatic rings. The van der Waals surface area contributed by atoms with Gasteiger partial charge in [-0.25, -0.2) is 0 Å². The van der Waals surface area contributed by atoms with Crippen molar-refractivity contribution in [1.29, 1.82) is 0 Å². The van der Waals surface area contributed by atoms with Crippen LogP contribution in [0.1, 0.15) is 17.0 Å². The van der Waals surface area contributed by atoms with Gasteiger partial charge in [0.25, 0.3) is 0 Å². The van der Waals surface area contributed by atoms with Crippen LogP contribution in [0.3, 0.4) is 0 Å². The largest absolute Gasteiger partial charge is 0.497 e. The third-order valence-electron chi connectivity index (χ3n) is 2.99. The molecule has 0 spiro atoms. The van der Waals surface area contributed by atoms with Gasteiger partial charge in [-0.3, -0.25) is 4.68 Å². The number of nitrogens with zero attached hydrogens (tertiary/aromatic N) is 2. The molecule has 2 rings (SSSR count).